The van der Waals surface area contributed by atoms with Crippen molar-refractivity contribution in [1.29, 1.82) is 0 Å². The van der Waals surface area contributed by atoms with E-state index in [1.165, 1.54) is 0 Å². The Kier molecular flexibility index (Phi) is 3.21. The van der Waals surface area contributed by atoms with E-state index < -0.39 is 0 Å². The molecule has 0 radical (unpaired) electrons. The highest BCUT2D eigenvalue weighted by atomic mass is 16.5. The fourth-order valence-corrected chi connectivity index (χ4v) is 2.49. The second-order valence-electron chi connectivity index (χ2n) is 4.89. The van der Waals surface area contributed by atoms with E-state index in [9.17, 15) is 9.59 Å². The summed E-state index contributed by atoms with van der Waals surface area (Å²) in [7, 11) is 0. The highest BCUT2D eigenvalue weighted by molar-refractivity contribution is 5.99. The molecule has 0 saturated carbocycles. The van der Waals surface area contributed by atoms with E-state index in [-0.39, 0.29) is 11.8 Å². The number of fused-ring (bicyclic) bond motifs is 1. The number of hydrogen-bond acceptors (Lipinski definition) is 3. The number of anilines is 1. The fraction of sp³-hybridized carbons (Fsp3) is 0.429. The van der Waals surface area contributed by atoms with Crippen LogP contribution in [0.25, 0.3) is 0 Å². The first kappa shape index (κ1) is 12.2. The second-order valence-corrected chi connectivity index (χ2v) is 4.89. The molecule has 19 heavy (non-hydrogen) atoms. The predicted molar refractivity (Wildman–Crippen MR) is 69.9 cm³/mol. The van der Waals surface area contributed by atoms with E-state index in [1.54, 1.807) is 0 Å². The summed E-state index contributed by atoms with van der Waals surface area (Å²) in [5.41, 5.74) is 2.82. The van der Waals surface area contributed by atoms with Crippen LogP contribution in [-0.2, 0) is 27.2 Å². The Bertz CT molecular complexity index is 521. The molecule has 1 aromatic carbocycles. The van der Waals surface area contributed by atoms with Crippen LogP contribution in [0, 0.1) is 0 Å². The summed E-state index contributed by atoms with van der Waals surface area (Å²) < 4.78 is 5.23. The van der Waals surface area contributed by atoms with Gasteiger partial charge in [-0.25, -0.2) is 0 Å². The zero-order chi connectivity index (χ0) is 13.2. The molecule has 0 aliphatic carbocycles. The minimum Gasteiger partial charge on any atom is -0.378 e. The first-order valence-corrected chi connectivity index (χ1v) is 6.49. The van der Waals surface area contributed by atoms with Gasteiger partial charge in [-0.1, -0.05) is 12.1 Å². The van der Waals surface area contributed by atoms with Crippen molar-refractivity contribution in [2.75, 3.05) is 31.6 Å². The van der Waals surface area contributed by atoms with E-state index in [2.05, 4.69) is 5.32 Å². The third-order valence-corrected chi connectivity index (χ3v) is 3.51. The Labute approximate surface area is 111 Å². The van der Waals surface area contributed by atoms with Gasteiger partial charge in [-0.05, 0) is 17.2 Å². The van der Waals surface area contributed by atoms with Crippen LogP contribution in [0.15, 0.2) is 18.2 Å². The lowest BCUT2D eigenvalue weighted by Crippen LogP contribution is -2.41. The van der Waals surface area contributed by atoms with Crippen LogP contribution in [0.4, 0.5) is 5.69 Å². The third kappa shape index (κ3) is 2.61. The summed E-state index contributed by atoms with van der Waals surface area (Å²) in [4.78, 5) is 25.2. The highest BCUT2D eigenvalue weighted by Crippen LogP contribution is 2.24. The highest BCUT2D eigenvalue weighted by Gasteiger charge is 2.20. The molecule has 5 nitrogen and oxygen atoms in total. The van der Waals surface area contributed by atoms with Crippen molar-refractivity contribution in [1.82, 2.24) is 4.90 Å². The molecule has 0 atom stereocenters. The van der Waals surface area contributed by atoms with E-state index in [0.29, 0.717) is 39.1 Å². The quantitative estimate of drug-likeness (QED) is 0.846. The van der Waals surface area contributed by atoms with Crippen molar-refractivity contribution < 1.29 is 14.3 Å². The summed E-state index contributed by atoms with van der Waals surface area (Å²) >= 11 is 0. The molecule has 1 aromatic rings. The van der Waals surface area contributed by atoms with Crippen LogP contribution in [0.2, 0.25) is 0 Å². The number of benzene rings is 1. The Balaban J connectivity index is 1.68. The van der Waals surface area contributed by atoms with E-state index >= 15 is 0 Å². The van der Waals surface area contributed by atoms with Crippen molar-refractivity contribution in [3.05, 3.63) is 29.3 Å². The smallest absolute Gasteiger partial charge is 0.228 e. The third-order valence-electron chi connectivity index (χ3n) is 3.51. The van der Waals surface area contributed by atoms with Crippen LogP contribution in [0.5, 0.6) is 0 Å². The van der Waals surface area contributed by atoms with E-state index in [4.69, 9.17) is 4.74 Å². The predicted octanol–water partition coefficient (Wildman–Crippen LogP) is 0.582. The lowest BCUT2D eigenvalue weighted by Gasteiger charge is -2.26. The molecule has 5 heteroatoms. The van der Waals surface area contributed by atoms with Crippen molar-refractivity contribution in [2.24, 2.45) is 0 Å². The van der Waals surface area contributed by atoms with Crippen molar-refractivity contribution in [2.45, 2.75) is 12.8 Å². The molecule has 2 aliphatic rings. The Morgan fingerprint density at radius 3 is 2.89 bits per heavy atom. The summed E-state index contributed by atoms with van der Waals surface area (Å²) in [6.07, 6.45) is 0.802. The SMILES string of the molecule is O=C1Cc2cc(CC(=O)N3CCOCC3)ccc2N1. The summed E-state index contributed by atoms with van der Waals surface area (Å²) in [6, 6.07) is 5.73. The average molecular weight is 260 g/mol. The minimum atomic E-state index is 0.0201. The molecule has 1 N–H and O–H groups in total. The lowest BCUT2D eigenvalue weighted by molar-refractivity contribution is -0.134. The van der Waals surface area contributed by atoms with Gasteiger partial charge in [-0.3, -0.25) is 9.59 Å². The van der Waals surface area contributed by atoms with Gasteiger partial charge in [0.1, 0.15) is 0 Å². The van der Waals surface area contributed by atoms with Gasteiger partial charge in [0, 0.05) is 18.8 Å². The first-order chi connectivity index (χ1) is 9.22. The molecule has 2 aliphatic heterocycles. The molecule has 2 amide bonds. The number of hydrogen-bond donors (Lipinski definition) is 1. The molecule has 0 aromatic heterocycles. The molecule has 0 bridgehead atoms. The largest absolute Gasteiger partial charge is 0.378 e. The van der Waals surface area contributed by atoms with Crippen molar-refractivity contribution in [3.8, 4) is 0 Å². The van der Waals surface area contributed by atoms with Crippen LogP contribution in [0.1, 0.15) is 11.1 Å². The number of carbonyl (C=O) groups excluding carboxylic acids is 2. The van der Waals surface area contributed by atoms with Gasteiger partial charge in [-0.15, -0.1) is 0 Å². The summed E-state index contributed by atoms with van der Waals surface area (Å²) in [5, 5.41) is 2.79. The standard InChI is InChI=1S/C14H16N2O3/c17-13-9-11-7-10(1-2-12(11)15-13)8-14(18)16-3-5-19-6-4-16/h1-2,7H,3-6,8-9H2,(H,15,17). The number of nitrogens with zero attached hydrogens (tertiary/aromatic N) is 1. The van der Waals surface area contributed by atoms with Crippen molar-refractivity contribution in [3.63, 3.8) is 0 Å². The topological polar surface area (TPSA) is 58.6 Å². The maximum atomic E-state index is 12.1. The van der Waals surface area contributed by atoms with Crippen LogP contribution < -0.4 is 5.32 Å². The number of amides is 2. The van der Waals surface area contributed by atoms with Crippen molar-refractivity contribution >= 4 is 17.5 Å². The van der Waals surface area contributed by atoms with Gasteiger partial charge in [0.25, 0.3) is 0 Å². The first-order valence-electron chi connectivity index (χ1n) is 6.49. The van der Waals surface area contributed by atoms with Gasteiger partial charge in [0.2, 0.25) is 11.8 Å². The Morgan fingerprint density at radius 2 is 2.11 bits per heavy atom. The summed E-state index contributed by atoms with van der Waals surface area (Å²) in [6.45, 7) is 2.58. The maximum absolute atomic E-state index is 12.1. The van der Waals surface area contributed by atoms with Gasteiger partial charge in [0.15, 0.2) is 0 Å². The van der Waals surface area contributed by atoms with Gasteiger partial charge >= 0.3 is 0 Å². The van der Waals surface area contributed by atoms with E-state index in [1.807, 2.05) is 23.1 Å². The summed E-state index contributed by atoms with van der Waals surface area (Å²) in [5.74, 6) is 0.146. The molecule has 1 saturated heterocycles. The molecule has 0 spiro atoms. The molecular formula is C14H16N2O3. The van der Waals surface area contributed by atoms with Crippen LogP contribution >= 0.6 is 0 Å². The maximum Gasteiger partial charge on any atom is 0.228 e. The fourth-order valence-electron chi connectivity index (χ4n) is 2.49. The lowest BCUT2D eigenvalue weighted by atomic mass is 10.1. The average Bonchev–Trinajstić information content (AvgIpc) is 2.79. The van der Waals surface area contributed by atoms with Gasteiger partial charge in [0.05, 0.1) is 26.1 Å². The number of carbonyl (C=O) groups is 2. The monoisotopic (exact) mass is 260 g/mol. The van der Waals surface area contributed by atoms with E-state index in [0.717, 1.165) is 16.8 Å². The van der Waals surface area contributed by atoms with Crippen LogP contribution in [0.3, 0.4) is 0 Å². The molecular weight excluding hydrogens is 244 g/mol. The van der Waals surface area contributed by atoms with Gasteiger partial charge in [-0.2, -0.15) is 0 Å². The molecule has 0 unspecified atom stereocenters. The zero-order valence-electron chi connectivity index (χ0n) is 10.6. The minimum absolute atomic E-state index is 0.0201. The number of rotatable bonds is 2. The number of nitrogens with one attached hydrogen (secondary N) is 1. The van der Waals surface area contributed by atoms with Crippen LogP contribution in [-0.4, -0.2) is 43.0 Å². The molecule has 2 heterocycles. The molecule has 1 fully saturated rings. The second kappa shape index (κ2) is 5.01. The number of ether oxygens (including phenoxy) is 1. The normalized spacial score (nSPS) is 18.1. The molecule has 100 valence electrons. The zero-order valence-corrected chi connectivity index (χ0v) is 10.6. The molecule has 3 rings (SSSR count). The van der Waals surface area contributed by atoms with Gasteiger partial charge < -0.3 is 15.0 Å². The Hall–Kier alpha value is -1.88. The Morgan fingerprint density at radius 1 is 1.32 bits per heavy atom. The number of morpholine rings is 1.